The van der Waals surface area contributed by atoms with Crippen LogP contribution in [0.1, 0.15) is 35.2 Å². The number of esters is 2. The summed E-state index contributed by atoms with van der Waals surface area (Å²) in [6, 6.07) is 2.95. The number of fused-ring (bicyclic) bond motifs is 2. The molecule has 19 heavy (non-hydrogen) atoms. The van der Waals surface area contributed by atoms with E-state index in [1.807, 2.05) is 0 Å². The third kappa shape index (κ3) is 1.68. The summed E-state index contributed by atoms with van der Waals surface area (Å²) < 4.78 is 15.0. The van der Waals surface area contributed by atoms with Crippen LogP contribution in [-0.4, -0.2) is 24.5 Å². The predicted molar refractivity (Wildman–Crippen MR) is 61.0 cm³/mol. The fourth-order valence-corrected chi connectivity index (χ4v) is 2.21. The summed E-state index contributed by atoms with van der Waals surface area (Å²) in [5.41, 5.74) is 0.507. The zero-order valence-electron chi connectivity index (χ0n) is 10.1. The molecule has 3 rings (SSSR count). The van der Waals surface area contributed by atoms with Gasteiger partial charge < -0.3 is 14.2 Å². The predicted octanol–water partition coefficient (Wildman–Crippen LogP) is 1.18. The van der Waals surface area contributed by atoms with Crippen LogP contribution in [0.3, 0.4) is 0 Å². The molecule has 0 N–H and O–H groups in total. The molecule has 0 aliphatic carbocycles. The average Bonchev–Trinajstić information content (AvgIpc) is 2.83. The van der Waals surface area contributed by atoms with Crippen LogP contribution >= 0.6 is 0 Å². The quantitative estimate of drug-likeness (QED) is 0.588. The van der Waals surface area contributed by atoms with Gasteiger partial charge in [-0.25, -0.2) is 4.79 Å². The number of hydrogen-bond donors (Lipinski definition) is 0. The second kappa shape index (κ2) is 4.08. The molecule has 0 spiro atoms. The molecular formula is C13H10O6. The molecule has 0 saturated carbocycles. The number of ether oxygens (including phenoxy) is 3. The summed E-state index contributed by atoms with van der Waals surface area (Å²) >= 11 is 0. The van der Waals surface area contributed by atoms with Gasteiger partial charge >= 0.3 is 11.9 Å². The molecule has 2 heterocycles. The van der Waals surface area contributed by atoms with E-state index in [-0.39, 0.29) is 24.6 Å². The standard InChI is InChI=1S/C13H10O6/c1-2-8(14)11-6-3-9-10(18-5-17-9)4-7(6)12(15)19-13(11)16/h3-4,11H,2,5H2,1H3. The molecule has 6 nitrogen and oxygen atoms in total. The van der Waals surface area contributed by atoms with E-state index in [9.17, 15) is 14.4 Å². The lowest BCUT2D eigenvalue weighted by Crippen LogP contribution is -2.32. The van der Waals surface area contributed by atoms with E-state index >= 15 is 0 Å². The van der Waals surface area contributed by atoms with Crippen LogP contribution in [-0.2, 0) is 14.3 Å². The molecule has 6 heteroatoms. The monoisotopic (exact) mass is 262 g/mol. The number of benzene rings is 1. The van der Waals surface area contributed by atoms with E-state index in [1.165, 1.54) is 12.1 Å². The van der Waals surface area contributed by atoms with E-state index in [0.29, 0.717) is 17.1 Å². The Hall–Kier alpha value is -2.37. The summed E-state index contributed by atoms with van der Waals surface area (Å²) in [4.78, 5) is 35.3. The molecule has 0 radical (unpaired) electrons. The van der Waals surface area contributed by atoms with Crippen molar-refractivity contribution in [2.24, 2.45) is 0 Å². The maximum Gasteiger partial charge on any atom is 0.346 e. The van der Waals surface area contributed by atoms with Gasteiger partial charge in [0.25, 0.3) is 0 Å². The van der Waals surface area contributed by atoms with Gasteiger partial charge in [0.2, 0.25) is 6.79 Å². The van der Waals surface area contributed by atoms with Crippen LogP contribution in [0.2, 0.25) is 0 Å². The zero-order valence-corrected chi connectivity index (χ0v) is 10.1. The molecule has 98 valence electrons. The van der Waals surface area contributed by atoms with Crippen molar-refractivity contribution < 1.29 is 28.6 Å². The Kier molecular flexibility index (Phi) is 2.51. The zero-order chi connectivity index (χ0) is 13.6. The van der Waals surface area contributed by atoms with Gasteiger partial charge in [-0.3, -0.25) is 9.59 Å². The highest BCUT2D eigenvalue weighted by atomic mass is 16.7. The van der Waals surface area contributed by atoms with Gasteiger partial charge in [-0.2, -0.15) is 0 Å². The largest absolute Gasteiger partial charge is 0.454 e. The molecule has 1 atom stereocenters. The van der Waals surface area contributed by atoms with E-state index < -0.39 is 17.9 Å². The first-order valence-corrected chi connectivity index (χ1v) is 5.84. The Morgan fingerprint density at radius 2 is 1.95 bits per heavy atom. The van der Waals surface area contributed by atoms with Crippen molar-refractivity contribution in [3.05, 3.63) is 23.3 Å². The van der Waals surface area contributed by atoms with E-state index in [4.69, 9.17) is 9.47 Å². The lowest BCUT2D eigenvalue weighted by atomic mass is 9.87. The maximum atomic E-state index is 11.9. The van der Waals surface area contributed by atoms with Gasteiger partial charge in [-0.15, -0.1) is 0 Å². The van der Waals surface area contributed by atoms with Gasteiger partial charge in [0.15, 0.2) is 17.3 Å². The minimum Gasteiger partial charge on any atom is -0.454 e. The van der Waals surface area contributed by atoms with Crippen LogP contribution < -0.4 is 9.47 Å². The average molecular weight is 262 g/mol. The second-order valence-electron chi connectivity index (χ2n) is 4.25. The van der Waals surface area contributed by atoms with Crippen molar-refractivity contribution in [1.29, 1.82) is 0 Å². The van der Waals surface area contributed by atoms with Gasteiger partial charge in [-0.05, 0) is 17.7 Å². The Morgan fingerprint density at radius 1 is 1.26 bits per heavy atom. The van der Waals surface area contributed by atoms with Crippen molar-refractivity contribution in [1.82, 2.24) is 0 Å². The van der Waals surface area contributed by atoms with Crippen LogP contribution in [0, 0.1) is 0 Å². The molecule has 0 saturated heterocycles. The molecular weight excluding hydrogens is 252 g/mol. The Balaban J connectivity index is 2.18. The smallest absolute Gasteiger partial charge is 0.346 e. The highest BCUT2D eigenvalue weighted by Crippen LogP contribution is 2.40. The normalized spacial score (nSPS) is 19.9. The molecule has 0 aromatic heterocycles. The number of carbonyl (C=O) groups excluding carboxylic acids is 3. The van der Waals surface area contributed by atoms with Gasteiger partial charge in [0.1, 0.15) is 5.92 Å². The van der Waals surface area contributed by atoms with E-state index in [1.54, 1.807) is 6.92 Å². The second-order valence-corrected chi connectivity index (χ2v) is 4.25. The molecule has 1 aromatic rings. The third-order valence-electron chi connectivity index (χ3n) is 3.18. The van der Waals surface area contributed by atoms with Crippen molar-refractivity contribution >= 4 is 17.7 Å². The van der Waals surface area contributed by atoms with Crippen molar-refractivity contribution in [3.8, 4) is 11.5 Å². The first kappa shape index (κ1) is 11.7. The number of ketones is 1. The first-order valence-electron chi connectivity index (χ1n) is 5.84. The van der Waals surface area contributed by atoms with Crippen molar-refractivity contribution in [2.45, 2.75) is 19.3 Å². The SMILES string of the molecule is CCC(=O)C1C(=O)OC(=O)c2cc3c(cc21)OCO3. The molecule has 0 amide bonds. The minimum absolute atomic E-state index is 0.0492. The van der Waals surface area contributed by atoms with E-state index in [2.05, 4.69) is 4.74 Å². The topological polar surface area (TPSA) is 78.9 Å². The number of Topliss-reactive ketones (excluding diaryl/α,β-unsaturated/α-hetero) is 1. The van der Waals surface area contributed by atoms with E-state index in [0.717, 1.165) is 0 Å². The number of hydrogen-bond acceptors (Lipinski definition) is 6. The Labute approximate surface area is 108 Å². The summed E-state index contributed by atoms with van der Waals surface area (Å²) in [5, 5.41) is 0. The molecule has 1 unspecified atom stereocenters. The summed E-state index contributed by atoms with van der Waals surface area (Å²) in [6.07, 6.45) is 0.182. The fourth-order valence-electron chi connectivity index (χ4n) is 2.21. The Bertz CT molecular complexity index is 603. The minimum atomic E-state index is -1.06. The highest BCUT2D eigenvalue weighted by Gasteiger charge is 2.40. The summed E-state index contributed by atoms with van der Waals surface area (Å²) in [6.45, 7) is 1.70. The maximum absolute atomic E-state index is 11.9. The molecule has 2 aliphatic heterocycles. The first-order chi connectivity index (χ1) is 9.11. The van der Waals surface area contributed by atoms with Crippen molar-refractivity contribution in [3.63, 3.8) is 0 Å². The van der Waals surface area contributed by atoms with Crippen LogP contribution in [0.4, 0.5) is 0 Å². The third-order valence-corrected chi connectivity index (χ3v) is 3.18. The molecule has 0 bridgehead atoms. The van der Waals surface area contributed by atoms with Crippen LogP contribution in [0.15, 0.2) is 12.1 Å². The van der Waals surface area contributed by atoms with Gasteiger partial charge in [0, 0.05) is 6.42 Å². The van der Waals surface area contributed by atoms with Crippen LogP contribution in [0.5, 0.6) is 11.5 Å². The van der Waals surface area contributed by atoms with Crippen LogP contribution in [0.25, 0.3) is 0 Å². The Morgan fingerprint density at radius 3 is 2.63 bits per heavy atom. The highest BCUT2D eigenvalue weighted by molar-refractivity contribution is 6.14. The van der Waals surface area contributed by atoms with Crippen molar-refractivity contribution in [2.75, 3.05) is 6.79 Å². The van der Waals surface area contributed by atoms with Gasteiger partial charge in [-0.1, -0.05) is 6.92 Å². The van der Waals surface area contributed by atoms with Gasteiger partial charge in [0.05, 0.1) is 5.56 Å². The molecule has 1 aromatic carbocycles. The fraction of sp³-hybridized carbons (Fsp3) is 0.308. The lowest BCUT2D eigenvalue weighted by Gasteiger charge is -2.21. The lowest BCUT2D eigenvalue weighted by molar-refractivity contribution is -0.144. The number of cyclic esters (lactones) is 2. The summed E-state index contributed by atoms with van der Waals surface area (Å²) in [7, 11) is 0. The number of carbonyl (C=O) groups is 3. The number of rotatable bonds is 2. The molecule has 2 aliphatic rings. The summed E-state index contributed by atoms with van der Waals surface area (Å²) in [5.74, 6) is -2.12. The molecule has 0 fully saturated rings.